The second-order valence-electron chi connectivity index (χ2n) is 4.56. The Hall–Kier alpha value is -1.27. The van der Waals surface area contributed by atoms with Gasteiger partial charge < -0.3 is 20.3 Å². The Kier molecular flexibility index (Phi) is 4.31. The first-order valence-corrected chi connectivity index (χ1v) is 6.82. The molecule has 0 radical (unpaired) electrons. The fourth-order valence-corrected chi connectivity index (χ4v) is 2.22. The van der Waals surface area contributed by atoms with E-state index in [1.807, 2.05) is 6.07 Å². The number of ether oxygens (including phenoxy) is 2. The van der Waals surface area contributed by atoms with Crippen LogP contribution in [0.25, 0.3) is 0 Å². The van der Waals surface area contributed by atoms with Crippen molar-refractivity contribution in [2.24, 2.45) is 5.73 Å². The Bertz CT molecular complexity index is 488. The zero-order valence-corrected chi connectivity index (χ0v) is 12.1. The van der Waals surface area contributed by atoms with Crippen molar-refractivity contribution in [2.45, 2.75) is 31.4 Å². The number of carbonyl (C=O) groups is 1. The minimum atomic E-state index is -1.03. The lowest BCUT2D eigenvalue weighted by Gasteiger charge is -2.16. The molecule has 1 saturated carbocycles. The number of hydrogen-bond donors (Lipinski definition) is 2. The monoisotopic (exact) mass is 329 g/mol. The number of carboxylic acids is 1. The third kappa shape index (κ3) is 3.61. The molecule has 19 heavy (non-hydrogen) atoms. The van der Waals surface area contributed by atoms with E-state index in [1.165, 1.54) is 0 Å². The molecule has 2 rings (SSSR count). The molecule has 0 aromatic heterocycles. The number of aliphatic carboxylic acids is 1. The van der Waals surface area contributed by atoms with Gasteiger partial charge in [-0.05, 0) is 25.0 Å². The van der Waals surface area contributed by atoms with Crippen LogP contribution >= 0.6 is 15.9 Å². The Balaban J connectivity index is 2.31. The lowest BCUT2D eigenvalue weighted by Crippen LogP contribution is -2.32. The lowest BCUT2D eigenvalue weighted by molar-refractivity contribution is -0.138. The molecule has 0 saturated heterocycles. The molecule has 0 aliphatic heterocycles. The molecule has 0 spiro atoms. The third-order valence-corrected chi connectivity index (χ3v) is 3.34. The largest absolute Gasteiger partial charge is 0.493 e. The topological polar surface area (TPSA) is 81.8 Å². The summed E-state index contributed by atoms with van der Waals surface area (Å²) >= 11 is 3.37. The highest BCUT2D eigenvalue weighted by atomic mass is 79.9. The predicted octanol–water partition coefficient (Wildman–Crippen LogP) is 1.95. The predicted molar refractivity (Wildman–Crippen MR) is 73.7 cm³/mol. The van der Waals surface area contributed by atoms with Crippen LogP contribution in [-0.2, 0) is 11.2 Å². The molecule has 104 valence electrons. The summed E-state index contributed by atoms with van der Waals surface area (Å²) in [7, 11) is 1.56. The van der Waals surface area contributed by atoms with Crippen LogP contribution in [0.5, 0.6) is 11.5 Å². The number of hydrogen-bond acceptors (Lipinski definition) is 4. The smallest absolute Gasteiger partial charge is 0.320 e. The first-order chi connectivity index (χ1) is 9.01. The molecule has 0 heterocycles. The molecule has 1 aromatic rings. The summed E-state index contributed by atoms with van der Waals surface area (Å²) in [5.41, 5.74) is 6.34. The van der Waals surface area contributed by atoms with E-state index in [-0.39, 0.29) is 12.5 Å². The second-order valence-corrected chi connectivity index (χ2v) is 5.48. The Labute approximate surface area is 119 Å². The van der Waals surface area contributed by atoms with Gasteiger partial charge in [0.05, 0.1) is 13.2 Å². The average molecular weight is 330 g/mol. The molecule has 0 amide bonds. The van der Waals surface area contributed by atoms with Gasteiger partial charge in [0.2, 0.25) is 0 Å². The second kappa shape index (κ2) is 5.79. The molecule has 1 aliphatic carbocycles. The molecule has 1 unspecified atom stereocenters. The van der Waals surface area contributed by atoms with Gasteiger partial charge in [-0.2, -0.15) is 0 Å². The summed E-state index contributed by atoms with van der Waals surface area (Å²) in [6, 6.07) is 2.66. The molecule has 1 fully saturated rings. The van der Waals surface area contributed by atoms with E-state index in [0.717, 1.165) is 22.9 Å². The van der Waals surface area contributed by atoms with E-state index in [0.29, 0.717) is 11.5 Å². The average Bonchev–Trinajstić information content (AvgIpc) is 3.15. The van der Waals surface area contributed by atoms with Crippen molar-refractivity contribution in [3.05, 3.63) is 22.2 Å². The zero-order chi connectivity index (χ0) is 14.0. The van der Waals surface area contributed by atoms with Crippen LogP contribution in [0.4, 0.5) is 0 Å². The minimum Gasteiger partial charge on any atom is -0.493 e. The summed E-state index contributed by atoms with van der Waals surface area (Å²) < 4.78 is 11.9. The Morgan fingerprint density at radius 3 is 2.79 bits per heavy atom. The number of carboxylic acid groups (broad SMARTS) is 1. The van der Waals surface area contributed by atoms with Crippen LogP contribution in [0.2, 0.25) is 0 Å². The molecule has 6 heteroatoms. The van der Waals surface area contributed by atoms with Crippen LogP contribution in [-0.4, -0.2) is 30.3 Å². The van der Waals surface area contributed by atoms with Crippen LogP contribution in [0.3, 0.4) is 0 Å². The Morgan fingerprint density at radius 2 is 2.26 bits per heavy atom. The first-order valence-electron chi connectivity index (χ1n) is 6.02. The molecule has 1 aromatic carbocycles. The van der Waals surface area contributed by atoms with E-state index >= 15 is 0 Å². The fourth-order valence-electron chi connectivity index (χ4n) is 1.74. The van der Waals surface area contributed by atoms with E-state index in [9.17, 15) is 4.79 Å². The maximum Gasteiger partial charge on any atom is 0.320 e. The van der Waals surface area contributed by atoms with Gasteiger partial charge in [0.15, 0.2) is 11.5 Å². The lowest BCUT2D eigenvalue weighted by atomic mass is 10.0. The molecule has 1 atom stereocenters. The molecule has 0 bridgehead atoms. The van der Waals surface area contributed by atoms with Crippen molar-refractivity contribution in [3.8, 4) is 11.5 Å². The molecule has 1 aliphatic rings. The van der Waals surface area contributed by atoms with Gasteiger partial charge in [-0.25, -0.2) is 0 Å². The maximum atomic E-state index is 10.9. The SMILES string of the molecule is COc1cc(Br)cc(CC(N)C(=O)O)c1OC1CC1. The highest BCUT2D eigenvalue weighted by molar-refractivity contribution is 9.10. The van der Waals surface area contributed by atoms with E-state index < -0.39 is 12.0 Å². The zero-order valence-electron chi connectivity index (χ0n) is 10.6. The third-order valence-electron chi connectivity index (χ3n) is 2.88. The number of rotatable bonds is 6. The number of benzene rings is 1. The van der Waals surface area contributed by atoms with Gasteiger partial charge in [-0.15, -0.1) is 0 Å². The van der Waals surface area contributed by atoms with Gasteiger partial charge in [0.1, 0.15) is 6.04 Å². The van der Waals surface area contributed by atoms with Gasteiger partial charge in [-0.3, -0.25) is 4.79 Å². The number of methoxy groups -OCH3 is 1. The molecule has 5 nitrogen and oxygen atoms in total. The number of nitrogens with two attached hydrogens (primary N) is 1. The first kappa shape index (κ1) is 14.1. The summed E-state index contributed by atoms with van der Waals surface area (Å²) in [6.07, 6.45) is 2.44. The minimum absolute atomic E-state index is 0.202. The van der Waals surface area contributed by atoms with Crippen molar-refractivity contribution < 1.29 is 19.4 Å². The van der Waals surface area contributed by atoms with Gasteiger partial charge >= 0.3 is 5.97 Å². The van der Waals surface area contributed by atoms with Crippen molar-refractivity contribution in [1.82, 2.24) is 0 Å². The summed E-state index contributed by atoms with van der Waals surface area (Å²) in [6.45, 7) is 0. The fraction of sp³-hybridized carbons (Fsp3) is 0.462. The van der Waals surface area contributed by atoms with Crippen LogP contribution in [0.1, 0.15) is 18.4 Å². The summed E-state index contributed by atoms with van der Waals surface area (Å²) in [4.78, 5) is 10.9. The number of halogens is 1. The van der Waals surface area contributed by atoms with Crippen LogP contribution in [0, 0.1) is 0 Å². The van der Waals surface area contributed by atoms with Gasteiger partial charge in [0, 0.05) is 16.5 Å². The van der Waals surface area contributed by atoms with Gasteiger partial charge in [0.25, 0.3) is 0 Å². The quantitative estimate of drug-likeness (QED) is 0.833. The van der Waals surface area contributed by atoms with Crippen LogP contribution < -0.4 is 15.2 Å². The van der Waals surface area contributed by atoms with Crippen molar-refractivity contribution in [2.75, 3.05) is 7.11 Å². The Morgan fingerprint density at radius 1 is 1.58 bits per heavy atom. The highest BCUT2D eigenvalue weighted by Crippen LogP contribution is 2.39. The standard InChI is InChI=1S/C13H16BrNO4/c1-18-11-6-8(14)4-7(5-10(15)13(16)17)12(11)19-9-2-3-9/h4,6,9-10H,2-3,5,15H2,1H3,(H,16,17). The maximum absolute atomic E-state index is 10.9. The van der Waals surface area contributed by atoms with E-state index in [1.54, 1.807) is 13.2 Å². The summed E-state index contributed by atoms with van der Waals surface area (Å²) in [5.74, 6) is 0.162. The molecular weight excluding hydrogens is 314 g/mol. The highest BCUT2D eigenvalue weighted by Gasteiger charge is 2.27. The van der Waals surface area contributed by atoms with E-state index in [2.05, 4.69) is 15.9 Å². The van der Waals surface area contributed by atoms with Crippen molar-refractivity contribution in [3.63, 3.8) is 0 Å². The van der Waals surface area contributed by atoms with Gasteiger partial charge in [-0.1, -0.05) is 15.9 Å². The molecular formula is C13H16BrNO4. The normalized spacial score (nSPS) is 15.9. The van der Waals surface area contributed by atoms with Crippen LogP contribution in [0.15, 0.2) is 16.6 Å². The molecule has 3 N–H and O–H groups in total. The summed E-state index contributed by atoms with van der Waals surface area (Å²) in [5, 5.41) is 8.92. The van der Waals surface area contributed by atoms with Crippen molar-refractivity contribution >= 4 is 21.9 Å². The van der Waals surface area contributed by atoms with Crippen molar-refractivity contribution in [1.29, 1.82) is 0 Å². The van der Waals surface area contributed by atoms with E-state index in [4.69, 9.17) is 20.3 Å².